The standard InChI is InChI=1S/C24H27N3O3S/c1-5-29-22(28)14-19-16-31-23(26-19)27-25-15-17-9-6-7-12-21(17)30-20-11-8-10-18(13-20)24(2,3)4/h6-13,15-16H,5,14H2,1-4H3,(H,26,27). The zero-order valence-corrected chi connectivity index (χ0v) is 19.0. The van der Waals surface area contributed by atoms with Gasteiger partial charge in [0.2, 0.25) is 5.13 Å². The molecule has 6 nitrogen and oxygen atoms in total. The lowest BCUT2D eigenvalue weighted by Gasteiger charge is -2.20. The molecule has 1 N–H and O–H groups in total. The van der Waals surface area contributed by atoms with Crippen LogP contribution >= 0.6 is 11.3 Å². The van der Waals surface area contributed by atoms with Crippen molar-refractivity contribution < 1.29 is 14.3 Å². The fourth-order valence-electron chi connectivity index (χ4n) is 2.79. The minimum absolute atomic E-state index is 0.0457. The molecule has 0 saturated carbocycles. The van der Waals surface area contributed by atoms with Gasteiger partial charge in [-0.25, -0.2) is 4.98 Å². The van der Waals surface area contributed by atoms with Gasteiger partial charge in [-0.2, -0.15) is 5.10 Å². The summed E-state index contributed by atoms with van der Waals surface area (Å²) in [5, 5.41) is 6.69. The van der Waals surface area contributed by atoms with E-state index in [9.17, 15) is 4.79 Å². The van der Waals surface area contributed by atoms with Crippen molar-refractivity contribution in [3.05, 3.63) is 70.7 Å². The zero-order chi connectivity index (χ0) is 22.3. The van der Waals surface area contributed by atoms with Crippen molar-refractivity contribution in [2.45, 2.75) is 39.5 Å². The molecule has 1 heterocycles. The third-order valence-corrected chi connectivity index (χ3v) is 5.19. The van der Waals surface area contributed by atoms with E-state index in [1.807, 2.05) is 41.8 Å². The number of hydrazone groups is 1. The van der Waals surface area contributed by atoms with Gasteiger partial charge in [-0.05, 0) is 42.2 Å². The number of aromatic nitrogens is 1. The fraction of sp³-hybridized carbons (Fsp3) is 0.292. The van der Waals surface area contributed by atoms with Crippen molar-refractivity contribution in [3.8, 4) is 11.5 Å². The Balaban J connectivity index is 1.67. The maximum absolute atomic E-state index is 11.6. The summed E-state index contributed by atoms with van der Waals surface area (Å²) < 4.78 is 11.1. The van der Waals surface area contributed by atoms with Crippen LogP contribution in [0.25, 0.3) is 0 Å². The van der Waals surface area contributed by atoms with E-state index in [2.05, 4.69) is 48.4 Å². The van der Waals surface area contributed by atoms with Crippen molar-refractivity contribution in [2.24, 2.45) is 5.10 Å². The third kappa shape index (κ3) is 6.65. The summed E-state index contributed by atoms with van der Waals surface area (Å²) in [6.45, 7) is 8.67. The maximum Gasteiger partial charge on any atom is 0.311 e. The highest BCUT2D eigenvalue weighted by Crippen LogP contribution is 2.29. The van der Waals surface area contributed by atoms with E-state index >= 15 is 0 Å². The first-order chi connectivity index (χ1) is 14.8. The van der Waals surface area contributed by atoms with Crippen LogP contribution in [0.2, 0.25) is 0 Å². The molecule has 162 valence electrons. The van der Waals surface area contributed by atoms with E-state index in [1.54, 1.807) is 13.1 Å². The number of benzene rings is 2. The number of para-hydroxylation sites is 1. The average molecular weight is 438 g/mol. The van der Waals surface area contributed by atoms with Crippen molar-refractivity contribution in [1.29, 1.82) is 0 Å². The molecule has 3 rings (SSSR count). The Morgan fingerprint density at radius 1 is 1.19 bits per heavy atom. The number of hydrogen-bond acceptors (Lipinski definition) is 7. The predicted octanol–water partition coefficient (Wildman–Crippen LogP) is 5.78. The number of ether oxygens (including phenoxy) is 2. The molecule has 7 heteroatoms. The number of rotatable bonds is 8. The first kappa shape index (κ1) is 22.5. The van der Waals surface area contributed by atoms with Crippen LogP contribution in [-0.2, 0) is 21.4 Å². The first-order valence-corrected chi connectivity index (χ1v) is 11.0. The van der Waals surface area contributed by atoms with Crippen molar-refractivity contribution >= 4 is 28.7 Å². The largest absolute Gasteiger partial charge is 0.466 e. The van der Waals surface area contributed by atoms with Crippen LogP contribution in [0.15, 0.2) is 59.0 Å². The molecule has 0 radical (unpaired) electrons. The van der Waals surface area contributed by atoms with E-state index in [1.165, 1.54) is 16.9 Å². The number of hydrogen-bond donors (Lipinski definition) is 1. The quantitative estimate of drug-likeness (QED) is 0.274. The minimum atomic E-state index is -0.288. The monoisotopic (exact) mass is 437 g/mol. The Kier molecular flexibility index (Phi) is 7.41. The summed E-state index contributed by atoms with van der Waals surface area (Å²) >= 11 is 1.38. The summed E-state index contributed by atoms with van der Waals surface area (Å²) in [6, 6.07) is 15.8. The van der Waals surface area contributed by atoms with Crippen LogP contribution in [0.1, 0.15) is 44.5 Å². The van der Waals surface area contributed by atoms with Crippen LogP contribution in [0.5, 0.6) is 11.5 Å². The Bertz CT molecular complexity index is 1050. The second-order valence-corrected chi connectivity index (χ2v) is 8.77. The number of nitrogens with one attached hydrogen (secondary N) is 1. The van der Waals surface area contributed by atoms with Crippen molar-refractivity contribution in [3.63, 3.8) is 0 Å². The van der Waals surface area contributed by atoms with Crippen molar-refractivity contribution in [1.82, 2.24) is 4.98 Å². The molecule has 0 atom stereocenters. The average Bonchev–Trinajstić information content (AvgIpc) is 3.16. The highest BCUT2D eigenvalue weighted by molar-refractivity contribution is 7.13. The van der Waals surface area contributed by atoms with E-state index in [-0.39, 0.29) is 17.8 Å². The van der Waals surface area contributed by atoms with E-state index < -0.39 is 0 Å². The van der Waals surface area contributed by atoms with Crippen LogP contribution < -0.4 is 10.2 Å². The molecule has 0 fully saturated rings. The van der Waals surface area contributed by atoms with Gasteiger partial charge in [0.25, 0.3) is 0 Å². The van der Waals surface area contributed by atoms with Crippen LogP contribution in [0.4, 0.5) is 5.13 Å². The normalized spacial score (nSPS) is 11.5. The summed E-state index contributed by atoms with van der Waals surface area (Å²) in [4.78, 5) is 15.9. The van der Waals surface area contributed by atoms with Gasteiger partial charge < -0.3 is 9.47 Å². The van der Waals surface area contributed by atoms with Gasteiger partial charge in [0.15, 0.2) is 0 Å². The lowest BCUT2D eigenvalue weighted by Crippen LogP contribution is -2.10. The number of thiazole rings is 1. The highest BCUT2D eigenvalue weighted by Gasteiger charge is 2.14. The van der Waals surface area contributed by atoms with Crippen molar-refractivity contribution in [2.75, 3.05) is 12.0 Å². The lowest BCUT2D eigenvalue weighted by atomic mass is 9.87. The molecule has 0 aliphatic rings. The lowest BCUT2D eigenvalue weighted by molar-refractivity contribution is -0.142. The second kappa shape index (κ2) is 10.2. The number of carbonyl (C=O) groups is 1. The molecule has 0 amide bonds. The smallest absolute Gasteiger partial charge is 0.311 e. The molecular formula is C24H27N3O3S. The molecule has 0 saturated heterocycles. The number of anilines is 1. The van der Waals surface area contributed by atoms with E-state index in [0.29, 0.717) is 23.2 Å². The summed E-state index contributed by atoms with van der Waals surface area (Å²) in [5.41, 5.74) is 5.65. The molecule has 2 aromatic carbocycles. The molecule has 0 unspecified atom stereocenters. The molecule has 31 heavy (non-hydrogen) atoms. The van der Waals surface area contributed by atoms with Gasteiger partial charge in [-0.15, -0.1) is 11.3 Å². The van der Waals surface area contributed by atoms with Gasteiger partial charge in [-0.1, -0.05) is 45.0 Å². The number of nitrogens with zero attached hydrogens (tertiary/aromatic N) is 2. The third-order valence-electron chi connectivity index (χ3n) is 4.39. The van der Waals surface area contributed by atoms with Gasteiger partial charge >= 0.3 is 5.97 Å². The van der Waals surface area contributed by atoms with Crippen LogP contribution in [-0.4, -0.2) is 23.8 Å². The van der Waals surface area contributed by atoms with Gasteiger partial charge in [0.1, 0.15) is 11.5 Å². The van der Waals surface area contributed by atoms with E-state index in [4.69, 9.17) is 9.47 Å². The molecule has 0 aliphatic heterocycles. The van der Waals surface area contributed by atoms with E-state index in [0.717, 1.165) is 11.3 Å². The summed E-state index contributed by atoms with van der Waals surface area (Å²) in [5.74, 6) is 1.20. The molecule has 0 spiro atoms. The zero-order valence-electron chi connectivity index (χ0n) is 18.2. The van der Waals surface area contributed by atoms with Crippen LogP contribution in [0.3, 0.4) is 0 Å². The Labute approximate surface area is 186 Å². The molecule has 3 aromatic rings. The second-order valence-electron chi connectivity index (χ2n) is 7.91. The molecule has 0 bridgehead atoms. The Morgan fingerprint density at radius 3 is 2.77 bits per heavy atom. The Morgan fingerprint density at radius 2 is 2.00 bits per heavy atom. The first-order valence-electron chi connectivity index (χ1n) is 10.1. The highest BCUT2D eigenvalue weighted by atomic mass is 32.1. The number of carbonyl (C=O) groups excluding carboxylic acids is 1. The molecular weight excluding hydrogens is 410 g/mol. The molecule has 1 aromatic heterocycles. The van der Waals surface area contributed by atoms with Gasteiger partial charge in [-0.3, -0.25) is 10.2 Å². The summed E-state index contributed by atoms with van der Waals surface area (Å²) in [7, 11) is 0. The van der Waals surface area contributed by atoms with Gasteiger partial charge in [0, 0.05) is 10.9 Å². The SMILES string of the molecule is CCOC(=O)Cc1csc(NN=Cc2ccccc2Oc2cccc(C(C)(C)C)c2)n1. The maximum atomic E-state index is 11.6. The summed E-state index contributed by atoms with van der Waals surface area (Å²) in [6.07, 6.45) is 1.84. The number of esters is 1. The fourth-order valence-corrected chi connectivity index (χ4v) is 3.45. The molecule has 0 aliphatic carbocycles. The predicted molar refractivity (Wildman–Crippen MR) is 125 cm³/mol. The topological polar surface area (TPSA) is 72.8 Å². The Hall–Kier alpha value is -3.19. The van der Waals surface area contributed by atoms with Crippen LogP contribution in [0, 0.1) is 0 Å². The minimum Gasteiger partial charge on any atom is -0.466 e. The van der Waals surface area contributed by atoms with Gasteiger partial charge in [0.05, 0.1) is 24.9 Å².